The molecule has 0 aliphatic heterocycles. The van der Waals surface area contributed by atoms with Crippen LogP contribution in [0.2, 0.25) is 5.02 Å². The number of nitrogens with zero attached hydrogens (tertiary/aromatic N) is 4. The number of benzene rings is 1. The maximum atomic E-state index is 12.4. The molecule has 0 aliphatic carbocycles. The van der Waals surface area contributed by atoms with E-state index in [9.17, 15) is 4.79 Å². The maximum Gasteiger partial charge on any atom is 0.251 e. The number of nitrogens with one attached hydrogen (secondary N) is 2. The molecule has 0 bridgehead atoms. The smallest absolute Gasteiger partial charge is 0.251 e. The molecule has 7 nitrogen and oxygen atoms in total. The molecular formula is C22H33ClN6O. The second-order valence-corrected chi connectivity index (χ2v) is 7.98. The molecular weight excluding hydrogens is 400 g/mol. The third kappa shape index (κ3) is 7.39. The Morgan fingerprint density at radius 1 is 1.20 bits per heavy atom. The van der Waals surface area contributed by atoms with Gasteiger partial charge in [0.15, 0.2) is 5.96 Å². The van der Waals surface area contributed by atoms with Gasteiger partial charge in [-0.2, -0.15) is 0 Å². The summed E-state index contributed by atoms with van der Waals surface area (Å²) in [5, 5.41) is 7.00. The molecule has 164 valence electrons. The van der Waals surface area contributed by atoms with E-state index in [-0.39, 0.29) is 5.91 Å². The van der Waals surface area contributed by atoms with Crippen molar-refractivity contribution in [3.05, 3.63) is 58.4 Å². The Morgan fingerprint density at radius 2 is 1.97 bits per heavy atom. The summed E-state index contributed by atoms with van der Waals surface area (Å²) in [6.07, 6.45) is 1.89. The molecule has 2 aromatic rings. The Hall–Kier alpha value is -2.51. The number of amides is 1. The topological polar surface area (TPSA) is 64.9 Å². The SMILES string of the molecule is CCNC(=NCc1cccc(C(=O)NCCN(C)C)c1)N(C)Cc1cc(Cl)cn1C. The van der Waals surface area contributed by atoms with E-state index in [4.69, 9.17) is 16.6 Å². The number of halogens is 1. The van der Waals surface area contributed by atoms with E-state index in [2.05, 4.69) is 15.5 Å². The summed E-state index contributed by atoms with van der Waals surface area (Å²) in [7, 11) is 7.94. The second-order valence-electron chi connectivity index (χ2n) is 7.55. The predicted octanol–water partition coefficient (Wildman–Crippen LogP) is 2.57. The fraction of sp³-hybridized carbons (Fsp3) is 0.455. The third-order valence-electron chi connectivity index (χ3n) is 4.62. The zero-order valence-electron chi connectivity index (χ0n) is 18.6. The lowest BCUT2D eigenvalue weighted by Gasteiger charge is -2.22. The molecule has 0 atom stereocenters. The normalized spacial score (nSPS) is 11.6. The molecule has 0 radical (unpaired) electrons. The van der Waals surface area contributed by atoms with E-state index < -0.39 is 0 Å². The van der Waals surface area contributed by atoms with E-state index in [0.717, 1.165) is 35.3 Å². The van der Waals surface area contributed by atoms with Crippen LogP contribution in [-0.4, -0.2) is 67.0 Å². The number of guanidine groups is 1. The van der Waals surface area contributed by atoms with Crippen molar-refractivity contribution in [2.75, 3.05) is 40.8 Å². The van der Waals surface area contributed by atoms with E-state index in [1.165, 1.54) is 0 Å². The van der Waals surface area contributed by atoms with Crippen molar-refractivity contribution in [3.8, 4) is 0 Å². The zero-order chi connectivity index (χ0) is 22.1. The lowest BCUT2D eigenvalue weighted by molar-refractivity contribution is 0.0951. The minimum atomic E-state index is -0.0627. The van der Waals surface area contributed by atoms with Crippen molar-refractivity contribution in [2.45, 2.75) is 20.0 Å². The van der Waals surface area contributed by atoms with E-state index in [0.29, 0.717) is 25.2 Å². The van der Waals surface area contributed by atoms with Gasteiger partial charge >= 0.3 is 0 Å². The number of carbonyl (C=O) groups excluding carboxylic acids is 1. The highest BCUT2D eigenvalue weighted by Gasteiger charge is 2.10. The van der Waals surface area contributed by atoms with Crippen LogP contribution in [0.15, 0.2) is 41.5 Å². The molecule has 0 fully saturated rings. The number of aromatic nitrogens is 1. The van der Waals surface area contributed by atoms with E-state index >= 15 is 0 Å². The van der Waals surface area contributed by atoms with Crippen LogP contribution in [0.4, 0.5) is 0 Å². The monoisotopic (exact) mass is 432 g/mol. The van der Waals surface area contributed by atoms with Gasteiger partial charge in [-0.25, -0.2) is 4.99 Å². The van der Waals surface area contributed by atoms with Gasteiger partial charge in [0.1, 0.15) is 0 Å². The fourth-order valence-electron chi connectivity index (χ4n) is 2.98. The number of carbonyl (C=O) groups is 1. The molecule has 0 saturated carbocycles. The van der Waals surface area contributed by atoms with Gasteiger partial charge in [0.2, 0.25) is 0 Å². The standard InChI is InChI=1S/C22H33ClN6O/c1-6-24-22(29(5)16-20-13-19(23)15-28(20)4)26-14-17-8-7-9-18(12-17)21(30)25-10-11-27(2)3/h7-9,12-13,15H,6,10-11,14,16H2,1-5H3,(H,24,26)(H,25,30). The van der Waals surface area contributed by atoms with Crippen molar-refractivity contribution in [3.63, 3.8) is 0 Å². The molecule has 0 spiro atoms. The van der Waals surface area contributed by atoms with Crippen LogP contribution in [0.1, 0.15) is 28.5 Å². The quantitative estimate of drug-likeness (QED) is 0.472. The first kappa shape index (κ1) is 23.8. The van der Waals surface area contributed by atoms with Gasteiger partial charge in [0, 0.05) is 51.2 Å². The fourth-order valence-corrected chi connectivity index (χ4v) is 3.26. The molecule has 2 rings (SSSR count). The van der Waals surface area contributed by atoms with Crippen LogP contribution < -0.4 is 10.6 Å². The highest BCUT2D eigenvalue weighted by atomic mass is 35.5. The molecule has 1 aromatic carbocycles. The van der Waals surface area contributed by atoms with Crippen LogP contribution >= 0.6 is 11.6 Å². The van der Waals surface area contributed by atoms with Gasteiger partial charge < -0.3 is 25.0 Å². The molecule has 1 amide bonds. The average Bonchev–Trinajstić information content (AvgIpc) is 3.01. The summed E-state index contributed by atoms with van der Waals surface area (Å²) < 4.78 is 2.01. The molecule has 1 aromatic heterocycles. The average molecular weight is 433 g/mol. The summed E-state index contributed by atoms with van der Waals surface area (Å²) in [6.45, 7) is 5.41. The van der Waals surface area contributed by atoms with Crippen molar-refractivity contribution >= 4 is 23.5 Å². The van der Waals surface area contributed by atoms with Crippen molar-refractivity contribution in [2.24, 2.45) is 12.0 Å². The highest BCUT2D eigenvalue weighted by molar-refractivity contribution is 6.30. The van der Waals surface area contributed by atoms with Crippen molar-refractivity contribution in [1.82, 2.24) is 25.0 Å². The van der Waals surface area contributed by atoms with Crippen molar-refractivity contribution < 1.29 is 4.79 Å². The summed E-state index contributed by atoms with van der Waals surface area (Å²) in [6, 6.07) is 9.57. The van der Waals surface area contributed by atoms with Gasteiger partial charge in [-0.15, -0.1) is 0 Å². The van der Waals surface area contributed by atoms with Gasteiger partial charge in [0.05, 0.1) is 18.1 Å². The summed E-state index contributed by atoms with van der Waals surface area (Å²) in [4.78, 5) is 21.2. The molecule has 1 heterocycles. The van der Waals surface area contributed by atoms with Crippen LogP contribution in [0.5, 0.6) is 0 Å². The van der Waals surface area contributed by atoms with Crippen LogP contribution in [-0.2, 0) is 20.1 Å². The number of hydrogen-bond donors (Lipinski definition) is 2. The lowest BCUT2D eigenvalue weighted by Crippen LogP contribution is -2.38. The largest absolute Gasteiger partial charge is 0.357 e. The number of hydrogen-bond acceptors (Lipinski definition) is 3. The van der Waals surface area contributed by atoms with Crippen LogP contribution in [0.3, 0.4) is 0 Å². The van der Waals surface area contributed by atoms with Gasteiger partial charge in [0.25, 0.3) is 5.91 Å². The maximum absolute atomic E-state index is 12.4. The first-order valence-electron chi connectivity index (χ1n) is 10.1. The summed E-state index contributed by atoms with van der Waals surface area (Å²) in [5.74, 6) is 0.739. The van der Waals surface area contributed by atoms with Gasteiger partial charge in [-0.1, -0.05) is 23.7 Å². The number of aryl methyl sites for hydroxylation is 1. The number of rotatable bonds is 9. The Balaban J connectivity index is 2.04. The van der Waals surface area contributed by atoms with Crippen LogP contribution in [0.25, 0.3) is 0 Å². The Labute approximate surface area is 184 Å². The van der Waals surface area contributed by atoms with Gasteiger partial charge in [-0.05, 0) is 44.8 Å². The number of likely N-dealkylation sites (N-methyl/N-ethyl adjacent to an activating group) is 1. The first-order chi connectivity index (χ1) is 14.3. The zero-order valence-corrected chi connectivity index (χ0v) is 19.3. The Bertz CT molecular complexity index is 861. The van der Waals surface area contributed by atoms with Crippen LogP contribution in [0, 0.1) is 0 Å². The summed E-state index contributed by atoms with van der Waals surface area (Å²) in [5.41, 5.74) is 2.74. The lowest BCUT2D eigenvalue weighted by atomic mass is 10.1. The second kappa shape index (κ2) is 11.6. The molecule has 30 heavy (non-hydrogen) atoms. The molecule has 0 aliphatic rings. The molecule has 8 heteroatoms. The highest BCUT2D eigenvalue weighted by Crippen LogP contribution is 2.14. The Kier molecular flexibility index (Phi) is 9.20. The van der Waals surface area contributed by atoms with E-state index in [1.54, 1.807) is 0 Å². The molecule has 0 unspecified atom stereocenters. The Morgan fingerprint density at radius 3 is 2.60 bits per heavy atom. The molecule has 2 N–H and O–H groups in total. The first-order valence-corrected chi connectivity index (χ1v) is 10.5. The number of aliphatic imine (C=N–C) groups is 1. The predicted molar refractivity (Wildman–Crippen MR) is 124 cm³/mol. The van der Waals surface area contributed by atoms with E-state index in [1.807, 2.05) is 81.1 Å². The molecule has 0 saturated heterocycles. The van der Waals surface area contributed by atoms with Gasteiger partial charge in [-0.3, -0.25) is 4.79 Å². The minimum Gasteiger partial charge on any atom is -0.357 e. The third-order valence-corrected chi connectivity index (χ3v) is 4.82. The van der Waals surface area contributed by atoms with Crippen molar-refractivity contribution in [1.29, 1.82) is 0 Å². The minimum absolute atomic E-state index is 0.0627. The summed E-state index contributed by atoms with van der Waals surface area (Å²) >= 11 is 6.10.